The first-order valence-corrected chi connectivity index (χ1v) is 13.2. The summed E-state index contributed by atoms with van der Waals surface area (Å²) in [6, 6.07) is 1.51. The number of carboxylic acids is 1. The van der Waals surface area contributed by atoms with Crippen LogP contribution < -0.4 is 15.8 Å². The first-order chi connectivity index (χ1) is 19.5. The molecule has 2 aromatic rings. The van der Waals surface area contributed by atoms with E-state index in [0.717, 1.165) is 45.1 Å². The van der Waals surface area contributed by atoms with Crippen LogP contribution in [0.2, 0.25) is 0 Å². The number of nitrogens with one attached hydrogen (secondary N) is 2. The number of halogens is 3. The maximum atomic E-state index is 12.8. The monoisotopic (exact) mass is 599 g/mol. The molecule has 0 aliphatic heterocycles. The molecule has 14 nitrogen and oxygen atoms in total. The number of carbonyl (C=O) groups excluding carboxylic acids is 2. The Balaban J connectivity index is 0.000000782. The quantitative estimate of drug-likeness (QED) is 0.299. The number of imidazole rings is 1. The average molecular weight is 600 g/mol. The van der Waals surface area contributed by atoms with Crippen LogP contribution in [0.3, 0.4) is 0 Å². The van der Waals surface area contributed by atoms with Gasteiger partial charge in [-0.15, -0.1) is 0 Å². The number of unbranched alkanes of at least 4 members (excludes halogenated alkanes) is 1. The van der Waals surface area contributed by atoms with Gasteiger partial charge in [0.25, 0.3) is 0 Å². The number of hydrogen-bond donors (Lipinski definition) is 3. The van der Waals surface area contributed by atoms with Crippen LogP contribution in [0.5, 0.6) is 0 Å². The number of rotatable bonds is 8. The largest absolute Gasteiger partial charge is 0.490 e. The van der Waals surface area contributed by atoms with Crippen LogP contribution in [0.15, 0.2) is 6.33 Å². The average Bonchev–Trinajstić information content (AvgIpc) is 3.55. The van der Waals surface area contributed by atoms with Crippen LogP contribution in [0.25, 0.3) is 11.2 Å². The van der Waals surface area contributed by atoms with Gasteiger partial charge in [-0.2, -0.15) is 28.4 Å². The van der Waals surface area contributed by atoms with E-state index < -0.39 is 29.9 Å². The summed E-state index contributed by atoms with van der Waals surface area (Å²) in [5.41, 5.74) is 2.62. The molecule has 1 fully saturated rings. The molecule has 17 heteroatoms. The Morgan fingerprint density at radius 1 is 1.17 bits per heavy atom. The van der Waals surface area contributed by atoms with E-state index >= 15 is 0 Å². The molecule has 0 atom stereocenters. The summed E-state index contributed by atoms with van der Waals surface area (Å²) in [4.78, 5) is 49.5. The van der Waals surface area contributed by atoms with Gasteiger partial charge in [-0.25, -0.2) is 29.4 Å². The third-order valence-electron chi connectivity index (χ3n) is 5.78. The number of carboxylic acid groups (broad SMARTS) is 1. The van der Waals surface area contributed by atoms with Crippen molar-refractivity contribution in [3.63, 3.8) is 0 Å². The maximum Gasteiger partial charge on any atom is 0.490 e. The van der Waals surface area contributed by atoms with Gasteiger partial charge in [-0.1, -0.05) is 12.8 Å². The molecule has 0 saturated heterocycles. The van der Waals surface area contributed by atoms with Gasteiger partial charge in [-0.3, -0.25) is 5.01 Å². The molecule has 1 aliphatic rings. The minimum atomic E-state index is -5.08. The molecule has 42 heavy (non-hydrogen) atoms. The molecule has 0 spiro atoms. The van der Waals surface area contributed by atoms with E-state index in [9.17, 15) is 28.0 Å². The second-order valence-electron chi connectivity index (χ2n) is 10.7. The van der Waals surface area contributed by atoms with Gasteiger partial charge in [0.1, 0.15) is 18.0 Å². The number of nitrogens with zero attached hydrogens (tertiary/aromatic N) is 7. The summed E-state index contributed by atoms with van der Waals surface area (Å²) in [6.07, 6.45) is 1.09. The highest BCUT2D eigenvalue weighted by Crippen LogP contribution is 2.30. The second-order valence-corrected chi connectivity index (χ2v) is 10.7. The third kappa shape index (κ3) is 10.3. The van der Waals surface area contributed by atoms with Crippen molar-refractivity contribution in [1.29, 1.82) is 5.26 Å². The summed E-state index contributed by atoms with van der Waals surface area (Å²) in [5, 5.41) is 21.2. The van der Waals surface area contributed by atoms with Crippen molar-refractivity contribution in [2.75, 3.05) is 32.2 Å². The summed E-state index contributed by atoms with van der Waals surface area (Å²) in [7, 11) is 4.01. The van der Waals surface area contributed by atoms with E-state index in [1.807, 2.05) is 20.2 Å². The molecule has 2 aromatic heterocycles. The van der Waals surface area contributed by atoms with Gasteiger partial charge in [0.15, 0.2) is 17.0 Å². The van der Waals surface area contributed by atoms with E-state index in [2.05, 4.69) is 30.6 Å². The van der Waals surface area contributed by atoms with Crippen molar-refractivity contribution in [2.24, 2.45) is 0 Å². The van der Waals surface area contributed by atoms with Crippen LogP contribution in [-0.2, 0) is 9.53 Å². The number of ether oxygens (including phenoxy) is 1. The molecule has 1 saturated carbocycles. The Morgan fingerprint density at radius 3 is 2.31 bits per heavy atom. The number of anilines is 1. The highest BCUT2D eigenvalue weighted by Gasteiger charge is 2.38. The van der Waals surface area contributed by atoms with Crippen molar-refractivity contribution in [2.45, 2.75) is 77.1 Å². The molecule has 1 aliphatic carbocycles. The van der Waals surface area contributed by atoms with Crippen LogP contribution >= 0.6 is 0 Å². The van der Waals surface area contributed by atoms with Crippen LogP contribution in [0.1, 0.15) is 65.1 Å². The highest BCUT2D eigenvalue weighted by atomic mass is 19.4. The van der Waals surface area contributed by atoms with Gasteiger partial charge in [-0.05, 0) is 67.1 Å². The smallest absolute Gasteiger partial charge is 0.475 e. The minimum Gasteiger partial charge on any atom is -0.475 e. The first-order valence-electron chi connectivity index (χ1n) is 13.2. The number of fused-ring (bicyclic) bond motifs is 1. The summed E-state index contributed by atoms with van der Waals surface area (Å²) >= 11 is 0. The Kier molecular flexibility index (Phi) is 11.8. The fourth-order valence-electron chi connectivity index (χ4n) is 3.96. The maximum absolute atomic E-state index is 12.8. The second kappa shape index (κ2) is 14.6. The standard InChI is InChI=1S/C23H35N9O3.C2HF3O2/c1-23(2,3)35-22(34)29-32(16-10-6-7-11-16)20-18-19(27-17(14-24)28-20)31(15-26-18)21(33)25-12-8-9-13-30(4)5;3-2(4,5)1(6)7/h15-16H,6-13H2,1-5H3,(H,25,33)(H,29,34);(H,6,7). The lowest BCUT2D eigenvalue weighted by atomic mass is 10.2. The van der Waals surface area contributed by atoms with Gasteiger partial charge in [0, 0.05) is 6.54 Å². The molecule has 232 valence electrons. The molecular weight excluding hydrogens is 563 g/mol. The Morgan fingerprint density at radius 2 is 1.79 bits per heavy atom. The number of nitriles is 1. The Bertz CT molecular complexity index is 1280. The predicted molar refractivity (Wildman–Crippen MR) is 144 cm³/mol. The Labute approximate surface area is 240 Å². The van der Waals surface area contributed by atoms with Gasteiger partial charge < -0.3 is 20.1 Å². The lowest BCUT2D eigenvalue weighted by Crippen LogP contribution is -2.50. The molecule has 3 N–H and O–H groups in total. The number of hydrazine groups is 1. The SMILES string of the molecule is CN(C)CCCCNC(=O)n1cnc2c(N(NC(=O)OC(C)(C)C)C3CCCC3)nc(C#N)nc21.O=C(O)C(F)(F)F. The zero-order chi connectivity index (χ0) is 31.7. The number of carbonyl (C=O) groups is 3. The van der Waals surface area contributed by atoms with E-state index in [1.165, 1.54) is 10.9 Å². The van der Waals surface area contributed by atoms with Crippen molar-refractivity contribution < 1.29 is 37.4 Å². The summed E-state index contributed by atoms with van der Waals surface area (Å²) in [6.45, 7) is 6.79. The van der Waals surface area contributed by atoms with Crippen molar-refractivity contribution in [1.82, 2.24) is 35.2 Å². The minimum absolute atomic E-state index is 0.0529. The van der Waals surface area contributed by atoms with Gasteiger partial charge in [0.2, 0.25) is 5.82 Å². The normalized spacial score (nSPS) is 13.7. The third-order valence-corrected chi connectivity index (χ3v) is 5.78. The summed E-state index contributed by atoms with van der Waals surface area (Å²) < 4.78 is 38.5. The molecular formula is C25H36F3N9O5. The fourth-order valence-corrected chi connectivity index (χ4v) is 3.96. The van der Waals surface area contributed by atoms with Gasteiger partial charge in [0.05, 0.1) is 6.04 Å². The van der Waals surface area contributed by atoms with Crippen LogP contribution in [0, 0.1) is 11.3 Å². The number of amides is 2. The molecule has 0 radical (unpaired) electrons. The highest BCUT2D eigenvalue weighted by molar-refractivity contribution is 5.92. The predicted octanol–water partition coefficient (Wildman–Crippen LogP) is 3.42. The zero-order valence-corrected chi connectivity index (χ0v) is 24.2. The lowest BCUT2D eigenvalue weighted by Gasteiger charge is -2.31. The molecule has 2 amide bonds. The van der Waals surface area contributed by atoms with Crippen LogP contribution in [-0.4, -0.2) is 92.6 Å². The van der Waals surface area contributed by atoms with E-state index in [0.29, 0.717) is 12.1 Å². The number of aliphatic carboxylic acids is 1. The number of alkyl halides is 3. The van der Waals surface area contributed by atoms with Crippen molar-refractivity contribution in [3.8, 4) is 6.07 Å². The fraction of sp³-hybridized carbons (Fsp3) is 0.640. The molecule has 0 aromatic carbocycles. The number of hydrogen-bond acceptors (Lipinski definition) is 10. The van der Waals surface area contributed by atoms with E-state index in [-0.39, 0.29) is 23.3 Å². The molecule has 0 unspecified atom stereocenters. The van der Waals surface area contributed by atoms with Gasteiger partial charge >= 0.3 is 24.3 Å². The topological polar surface area (TPSA) is 179 Å². The van der Waals surface area contributed by atoms with Crippen LogP contribution in [0.4, 0.5) is 28.6 Å². The van der Waals surface area contributed by atoms with E-state index in [1.54, 1.807) is 25.8 Å². The molecule has 0 bridgehead atoms. The first kappa shape index (κ1) is 34.0. The van der Waals surface area contributed by atoms with Crippen molar-refractivity contribution in [3.05, 3.63) is 12.2 Å². The lowest BCUT2D eigenvalue weighted by molar-refractivity contribution is -0.192. The van der Waals surface area contributed by atoms with Crippen molar-refractivity contribution >= 4 is 35.1 Å². The Hall–Kier alpha value is -4.20. The molecule has 3 rings (SSSR count). The molecule has 2 heterocycles. The zero-order valence-electron chi connectivity index (χ0n) is 24.2. The number of aromatic nitrogens is 4. The summed E-state index contributed by atoms with van der Waals surface area (Å²) in [5.74, 6) is -2.61. The van der Waals surface area contributed by atoms with E-state index in [4.69, 9.17) is 14.6 Å².